The fourth-order valence-electron chi connectivity index (χ4n) is 1.82. The van der Waals surface area contributed by atoms with Crippen LogP contribution in [0.3, 0.4) is 0 Å². The highest BCUT2D eigenvalue weighted by Gasteiger charge is 2.27. The fourth-order valence-corrected chi connectivity index (χ4v) is 3.07. The van der Waals surface area contributed by atoms with E-state index in [1.807, 2.05) is 0 Å². The van der Waals surface area contributed by atoms with Crippen molar-refractivity contribution >= 4 is 15.7 Å². The molecule has 0 bridgehead atoms. The number of sulfonamides is 1. The summed E-state index contributed by atoms with van der Waals surface area (Å²) in [5, 5.41) is 10.0. The van der Waals surface area contributed by atoms with Crippen LogP contribution in [-0.4, -0.2) is 51.2 Å². The van der Waals surface area contributed by atoms with E-state index >= 15 is 0 Å². The molecule has 0 aliphatic heterocycles. The predicted octanol–water partition coefficient (Wildman–Crippen LogP) is 0.138. The zero-order valence-corrected chi connectivity index (χ0v) is 12.8. The van der Waals surface area contributed by atoms with Gasteiger partial charge in [0.15, 0.2) is 0 Å². The molecule has 1 aromatic rings. The molecule has 0 spiro atoms. The molecular formula is C12H19F2N3O3S. The Morgan fingerprint density at radius 3 is 2.43 bits per heavy atom. The molecule has 0 aromatic heterocycles. The number of rotatable bonds is 6. The molecule has 21 heavy (non-hydrogen) atoms. The summed E-state index contributed by atoms with van der Waals surface area (Å²) >= 11 is 0. The van der Waals surface area contributed by atoms with Gasteiger partial charge in [-0.25, -0.2) is 21.9 Å². The standard InChI is InChI=1S/C12H19F2N3O3S/c1-12(18,7-17(2)3)6-16-21(19,20)11-5-10(15)8(13)4-9(11)14/h4-5,16,18H,6-7,15H2,1-3H3. The normalized spacial score (nSPS) is 15.2. The molecule has 0 radical (unpaired) electrons. The Morgan fingerprint density at radius 1 is 1.33 bits per heavy atom. The molecule has 1 rings (SSSR count). The van der Waals surface area contributed by atoms with Crippen molar-refractivity contribution in [2.24, 2.45) is 0 Å². The summed E-state index contributed by atoms with van der Waals surface area (Å²) in [4.78, 5) is 0.909. The Kier molecular flexibility index (Phi) is 5.26. The highest BCUT2D eigenvalue weighted by Crippen LogP contribution is 2.21. The average molecular weight is 323 g/mol. The van der Waals surface area contributed by atoms with Gasteiger partial charge < -0.3 is 15.7 Å². The van der Waals surface area contributed by atoms with Crippen LogP contribution in [0.1, 0.15) is 6.92 Å². The van der Waals surface area contributed by atoms with Gasteiger partial charge in [-0.3, -0.25) is 0 Å². The zero-order valence-electron chi connectivity index (χ0n) is 12.0. The number of nitrogens with zero attached hydrogens (tertiary/aromatic N) is 1. The third kappa shape index (κ3) is 4.88. The van der Waals surface area contributed by atoms with Crippen LogP contribution in [-0.2, 0) is 10.0 Å². The zero-order chi connectivity index (χ0) is 16.4. The van der Waals surface area contributed by atoms with Crippen LogP contribution in [0.4, 0.5) is 14.5 Å². The third-order valence-electron chi connectivity index (χ3n) is 2.64. The SMILES string of the molecule is CN(C)CC(C)(O)CNS(=O)(=O)c1cc(N)c(F)cc1F. The van der Waals surface area contributed by atoms with E-state index in [9.17, 15) is 22.3 Å². The van der Waals surface area contributed by atoms with Crippen LogP contribution in [0.5, 0.6) is 0 Å². The lowest BCUT2D eigenvalue weighted by Gasteiger charge is -2.27. The van der Waals surface area contributed by atoms with Gasteiger partial charge in [-0.2, -0.15) is 0 Å². The Bertz CT molecular complexity index is 618. The lowest BCUT2D eigenvalue weighted by atomic mass is 10.1. The van der Waals surface area contributed by atoms with E-state index in [4.69, 9.17) is 5.73 Å². The monoisotopic (exact) mass is 323 g/mol. The number of anilines is 1. The predicted molar refractivity (Wildman–Crippen MR) is 75.1 cm³/mol. The van der Waals surface area contributed by atoms with Gasteiger partial charge in [-0.15, -0.1) is 0 Å². The van der Waals surface area contributed by atoms with E-state index in [2.05, 4.69) is 4.72 Å². The molecule has 9 heteroatoms. The Morgan fingerprint density at radius 2 is 1.90 bits per heavy atom. The summed E-state index contributed by atoms with van der Waals surface area (Å²) in [7, 11) is -0.826. The third-order valence-corrected chi connectivity index (χ3v) is 4.06. The second kappa shape index (κ2) is 6.22. The smallest absolute Gasteiger partial charge is 0.243 e. The first-order chi connectivity index (χ1) is 9.44. The first-order valence-corrected chi connectivity index (χ1v) is 7.54. The highest BCUT2D eigenvalue weighted by molar-refractivity contribution is 7.89. The summed E-state index contributed by atoms with van der Waals surface area (Å²) in [6.07, 6.45) is 0. The Hall–Kier alpha value is -1.29. The first kappa shape index (κ1) is 17.8. The maximum Gasteiger partial charge on any atom is 0.243 e. The molecule has 0 heterocycles. The van der Waals surface area contributed by atoms with E-state index in [1.165, 1.54) is 6.92 Å². The number of likely N-dealkylation sites (N-methyl/N-ethyl adjacent to an activating group) is 1. The van der Waals surface area contributed by atoms with Crippen LogP contribution in [0, 0.1) is 11.6 Å². The largest absolute Gasteiger partial charge is 0.396 e. The van der Waals surface area contributed by atoms with Crippen LogP contribution in [0.2, 0.25) is 0 Å². The van der Waals surface area contributed by atoms with Gasteiger partial charge in [0.05, 0.1) is 11.3 Å². The summed E-state index contributed by atoms with van der Waals surface area (Å²) in [6, 6.07) is 1.11. The first-order valence-electron chi connectivity index (χ1n) is 6.06. The number of nitrogens with two attached hydrogens (primary N) is 1. The number of aliphatic hydroxyl groups is 1. The Labute approximate surface area is 122 Å². The lowest BCUT2D eigenvalue weighted by Crippen LogP contribution is -2.47. The van der Waals surface area contributed by atoms with Crippen molar-refractivity contribution in [3.05, 3.63) is 23.8 Å². The number of hydrogen-bond acceptors (Lipinski definition) is 5. The molecule has 0 aliphatic carbocycles. The van der Waals surface area contributed by atoms with Gasteiger partial charge >= 0.3 is 0 Å². The van der Waals surface area contributed by atoms with Crippen molar-refractivity contribution in [3.63, 3.8) is 0 Å². The number of hydrogen-bond donors (Lipinski definition) is 3. The number of halogens is 2. The summed E-state index contributed by atoms with van der Waals surface area (Å²) < 4.78 is 52.7. The van der Waals surface area contributed by atoms with Gasteiger partial charge in [0.25, 0.3) is 0 Å². The lowest BCUT2D eigenvalue weighted by molar-refractivity contribution is 0.0386. The molecule has 1 atom stereocenters. The van der Waals surface area contributed by atoms with Crippen molar-refractivity contribution in [2.75, 3.05) is 32.9 Å². The van der Waals surface area contributed by atoms with Crippen molar-refractivity contribution < 1.29 is 22.3 Å². The second-order valence-electron chi connectivity index (χ2n) is 5.36. The Balaban J connectivity index is 2.95. The van der Waals surface area contributed by atoms with Gasteiger partial charge in [0.1, 0.15) is 16.5 Å². The molecule has 6 nitrogen and oxygen atoms in total. The maximum absolute atomic E-state index is 13.6. The van der Waals surface area contributed by atoms with E-state index in [-0.39, 0.29) is 13.1 Å². The minimum atomic E-state index is -4.25. The van der Waals surface area contributed by atoms with Crippen molar-refractivity contribution in [1.29, 1.82) is 0 Å². The summed E-state index contributed by atoms with van der Waals surface area (Å²) in [5.74, 6) is -2.28. The summed E-state index contributed by atoms with van der Waals surface area (Å²) in [5.41, 5.74) is 3.42. The topological polar surface area (TPSA) is 95.7 Å². The van der Waals surface area contributed by atoms with E-state index in [1.54, 1.807) is 19.0 Å². The molecule has 120 valence electrons. The van der Waals surface area contributed by atoms with Crippen LogP contribution in [0.25, 0.3) is 0 Å². The van der Waals surface area contributed by atoms with E-state index in [0.29, 0.717) is 12.1 Å². The molecule has 0 fully saturated rings. The maximum atomic E-state index is 13.6. The molecule has 1 unspecified atom stereocenters. The molecule has 0 saturated carbocycles. The molecule has 1 aromatic carbocycles. The fraction of sp³-hybridized carbons (Fsp3) is 0.500. The van der Waals surface area contributed by atoms with Gasteiger partial charge in [0.2, 0.25) is 10.0 Å². The molecular weight excluding hydrogens is 304 g/mol. The van der Waals surface area contributed by atoms with Crippen LogP contribution in [0.15, 0.2) is 17.0 Å². The summed E-state index contributed by atoms with van der Waals surface area (Å²) in [6.45, 7) is 1.30. The highest BCUT2D eigenvalue weighted by atomic mass is 32.2. The van der Waals surface area contributed by atoms with Crippen molar-refractivity contribution in [3.8, 4) is 0 Å². The minimum absolute atomic E-state index is 0.198. The van der Waals surface area contributed by atoms with Gasteiger partial charge in [-0.1, -0.05) is 0 Å². The number of nitrogen functional groups attached to an aromatic ring is 1. The average Bonchev–Trinajstić information content (AvgIpc) is 2.30. The quantitative estimate of drug-likeness (QED) is 0.647. The van der Waals surface area contributed by atoms with Gasteiger partial charge in [0, 0.05) is 19.2 Å². The van der Waals surface area contributed by atoms with Crippen LogP contribution >= 0.6 is 0 Å². The number of benzene rings is 1. The molecule has 0 saturated heterocycles. The van der Waals surface area contributed by atoms with Crippen LogP contribution < -0.4 is 10.5 Å². The second-order valence-corrected chi connectivity index (χ2v) is 7.10. The molecule has 0 amide bonds. The number of nitrogens with one attached hydrogen (secondary N) is 1. The minimum Gasteiger partial charge on any atom is -0.396 e. The van der Waals surface area contributed by atoms with E-state index < -0.39 is 37.8 Å². The van der Waals surface area contributed by atoms with Crippen molar-refractivity contribution in [2.45, 2.75) is 17.4 Å². The molecule has 0 aliphatic rings. The van der Waals surface area contributed by atoms with Crippen molar-refractivity contribution in [1.82, 2.24) is 9.62 Å². The van der Waals surface area contributed by atoms with E-state index in [0.717, 1.165) is 0 Å². The van der Waals surface area contributed by atoms with Gasteiger partial charge in [-0.05, 0) is 27.1 Å². The molecule has 4 N–H and O–H groups in total.